The number of halogens is 1. The number of ether oxygens (including phenoxy) is 3. The molecule has 5 heteroatoms. The first-order valence-corrected chi connectivity index (χ1v) is 6.21. The van der Waals surface area contributed by atoms with Gasteiger partial charge in [0.05, 0.1) is 26.9 Å². The highest BCUT2D eigenvalue weighted by Gasteiger charge is 2.23. The monoisotopic (exact) mass is 312 g/mol. The maximum Gasteiger partial charge on any atom is 0.162 e. The Kier molecular flexibility index (Phi) is 3.91. The van der Waals surface area contributed by atoms with Crippen molar-refractivity contribution in [3.8, 4) is 11.5 Å². The lowest BCUT2D eigenvalue weighted by molar-refractivity contribution is -0.118. The topological polar surface area (TPSA) is 44.8 Å². The Balaban J connectivity index is 2.38. The van der Waals surface area contributed by atoms with E-state index in [0.717, 1.165) is 10.0 Å². The molecule has 1 aliphatic heterocycles. The van der Waals surface area contributed by atoms with Crippen molar-refractivity contribution in [3.05, 3.63) is 34.5 Å². The van der Waals surface area contributed by atoms with Gasteiger partial charge in [0.15, 0.2) is 17.3 Å². The zero-order valence-corrected chi connectivity index (χ0v) is 11.7. The Hall–Kier alpha value is -1.49. The molecule has 2 rings (SSSR count). The van der Waals surface area contributed by atoms with Crippen molar-refractivity contribution in [2.24, 2.45) is 0 Å². The molecule has 0 aliphatic carbocycles. The molecule has 0 spiro atoms. The second-order valence-corrected chi connectivity index (χ2v) is 4.68. The summed E-state index contributed by atoms with van der Waals surface area (Å²) in [6, 6.07) is 3.63. The smallest absolute Gasteiger partial charge is 0.162 e. The normalized spacial score (nSPS) is 18.4. The molecule has 4 nitrogen and oxygen atoms in total. The molecule has 1 atom stereocenters. The van der Waals surface area contributed by atoms with Gasteiger partial charge in [-0.05, 0) is 12.1 Å². The Labute approximate surface area is 114 Å². The van der Waals surface area contributed by atoms with E-state index < -0.39 is 0 Å². The van der Waals surface area contributed by atoms with Crippen LogP contribution in [0.2, 0.25) is 0 Å². The van der Waals surface area contributed by atoms with E-state index in [1.807, 2.05) is 6.07 Å². The fraction of sp³-hybridized carbons (Fsp3) is 0.308. The van der Waals surface area contributed by atoms with E-state index >= 15 is 0 Å². The summed E-state index contributed by atoms with van der Waals surface area (Å²) in [6.45, 7) is 0. The van der Waals surface area contributed by atoms with Crippen LogP contribution in [0, 0.1) is 0 Å². The van der Waals surface area contributed by atoms with Crippen LogP contribution in [-0.4, -0.2) is 20.0 Å². The quantitative estimate of drug-likeness (QED) is 0.860. The molecular weight excluding hydrogens is 300 g/mol. The number of carbonyl (C=O) groups excluding carboxylic acids is 1. The Morgan fingerprint density at radius 1 is 1.28 bits per heavy atom. The number of allylic oxidation sites excluding steroid dienone is 1. The molecule has 1 aromatic carbocycles. The average Bonchev–Trinajstić information content (AvgIpc) is 2.38. The van der Waals surface area contributed by atoms with E-state index in [9.17, 15) is 4.79 Å². The molecule has 18 heavy (non-hydrogen) atoms. The Morgan fingerprint density at radius 3 is 2.56 bits per heavy atom. The molecular formula is C13H13BrO4. The lowest BCUT2D eigenvalue weighted by Gasteiger charge is -2.21. The summed E-state index contributed by atoms with van der Waals surface area (Å²) >= 11 is 3.46. The van der Waals surface area contributed by atoms with Crippen LogP contribution in [0.15, 0.2) is 28.9 Å². The van der Waals surface area contributed by atoms with Crippen molar-refractivity contribution >= 4 is 21.7 Å². The first kappa shape index (κ1) is 13.0. The largest absolute Gasteiger partial charge is 0.493 e. The van der Waals surface area contributed by atoms with Crippen LogP contribution >= 0.6 is 15.9 Å². The third-order valence-corrected chi connectivity index (χ3v) is 3.42. The van der Waals surface area contributed by atoms with Crippen LogP contribution < -0.4 is 9.47 Å². The summed E-state index contributed by atoms with van der Waals surface area (Å²) in [6.07, 6.45) is 2.90. The van der Waals surface area contributed by atoms with Crippen LogP contribution in [0.25, 0.3) is 0 Å². The molecule has 1 unspecified atom stereocenters. The highest BCUT2D eigenvalue weighted by atomic mass is 79.9. The van der Waals surface area contributed by atoms with Gasteiger partial charge >= 0.3 is 0 Å². The molecule has 0 aromatic heterocycles. The maximum atomic E-state index is 11.4. The molecule has 0 radical (unpaired) electrons. The van der Waals surface area contributed by atoms with Crippen LogP contribution in [0.1, 0.15) is 18.1 Å². The van der Waals surface area contributed by atoms with Crippen molar-refractivity contribution in [1.29, 1.82) is 0 Å². The summed E-state index contributed by atoms with van der Waals surface area (Å²) in [5.74, 6) is 1.29. The number of hydrogen-bond donors (Lipinski definition) is 0. The zero-order chi connectivity index (χ0) is 13.1. The summed E-state index contributed by atoms with van der Waals surface area (Å²) in [5.41, 5.74) is 0.866. The second-order valence-electron chi connectivity index (χ2n) is 3.83. The number of rotatable bonds is 3. The van der Waals surface area contributed by atoms with Gasteiger partial charge < -0.3 is 14.2 Å². The molecule has 96 valence electrons. The molecule has 0 fully saturated rings. The van der Waals surface area contributed by atoms with E-state index in [4.69, 9.17) is 14.2 Å². The van der Waals surface area contributed by atoms with Gasteiger partial charge in [-0.15, -0.1) is 0 Å². The van der Waals surface area contributed by atoms with Crippen LogP contribution in [0.3, 0.4) is 0 Å². The third-order valence-electron chi connectivity index (χ3n) is 2.73. The first-order chi connectivity index (χ1) is 8.65. The van der Waals surface area contributed by atoms with Gasteiger partial charge in [-0.25, -0.2) is 0 Å². The van der Waals surface area contributed by atoms with E-state index in [0.29, 0.717) is 17.9 Å². The van der Waals surface area contributed by atoms with Crippen molar-refractivity contribution < 1.29 is 19.0 Å². The molecule has 1 heterocycles. The minimum atomic E-state index is -0.295. The van der Waals surface area contributed by atoms with Crippen molar-refractivity contribution in [2.75, 3.05) is 14.2 Å². The second kappa shape index (κ2) is 5.44. The van der Waals surface area contributed by atoms with Gasteiger partial charge in [-0.2, -0.15) is 0 Å². The standard InChI is InChI=1S/C13H13BrO4/c1-16-12-6-9(10(14)7-13(12)17-2)11-5-8(15)3-4-18-11/h3-4,6-7,11H,5H2,1-2H3. The first-order valence-electron chi connectivity index (χ1n) is 5.42. The summed E-state index contributed by atoms with van der Waals surface area (Å²) in [5, 5.41) is 0. The number of benzene rings is 1. The average molecular weight is 313 g/mol. The van der Waals surface area contributed by atoms with Crippen molar-refractivity contribution in [3.63, 3.8) is 0 Å². The molecule has 1 aromatic rings. The van der Waals surface area contributed by atoms with E-state index in [2.05, 4.69) is 15.9 Å². The highest BCUT2D eigenvalue weighted by molar-refractivity contribution is 9.10. The molecule has 0 saturated carbocycles. The van der Waals surface area contributed by atoms with E-state index in [1.54, 1.807) is 20.3 Å². The fourth-order valence-corrected chi connectivity index (χ4v) is 2.39. The van der Waals surface area contributed by atoms with Gasteiger partial charge in [0.1, 0.15) is 6.10 Å². The number of carbonyl (C=O) groups is 1. The molecule has 0 bridgehead atoms. The minimum Gasteiger partial charge on any atom is -0.493 e. The highest BCUT2D eigenvalue weighted by Crippen LogP contribution is 2.38. The summed E-state index contributed by atoms with van der Waals surface area (Å²) in [7, 11) is 3.15. The lowest BCUT2D eigenvalue weighted by atomic mass is 10.0. The predicted octanol–water partition coefficient (Wildman–Crippen LogP) is 3.01. The predicted molar refractivity (Wildman–Crippen MR) is 69.8 cm³/mol. The fourth-order valence-electron chi connectivity index (χ4n) is 1.81. The maximum absolute atomic E-state index is 11.4. The summed E-state index contributed by atoms with van der Waals surface area (Å²) < 4.78 is 16.7. The molecule has 0 saturated heterocycles. The van der Waals surface area contributed by atoms with Gasteiger partial charge in [0.25, 0.3) is 0 Å². The Morgan fingerprint density at radius 2 is 1.94 bits per heavy atom. The SMILES string of the molecule is COc1cc(Br)c(C2CC(=O)C=CO2)cc1OC. The van der Waals surface area contributed by atoms with Gasteiger partial charge in [0, 0.05) is 16.1 Å². The molecule has 1 aliphatic rings. The van der Waals surface area contributed by atoms with Gasteiger partial charge in [0.2, 0.25) is 0 Å². The van der Waals surface area contributed by atoms with E-state index in [1.165, 1.54) is 12.3 Å². The van der Waals surface area contributed by atoms with Crippen molar-refractivity contribution in [1.82, 2.24) is 0 Å². The lowest BCUT2D eigenvalue weighted by Crippen LogP contribution is -2.12. The number of ketones is 1. The third kappa shape index (κ3) is 2.51. The number of methoxy groups -OCH3 is 2. The number of hydrogen-bond acceptors (Lipinski definition) is 4. The zero-order valence-electron chi connectivity index (χ0n) is 10.1. The van der Waals surface area contributed by atoms with E-state index in [-0.39, 0.29) is 11.9 Å². The summed E-state index contributed by atoms with van der Waals surface area (Å²) in [4.78, 5) is 11.4. The Bertz CT molecular complexity index is 496. The van der Waals surface area contributed by atoms with Crippen molar-refractivity contribution in [2.45, 2.75) is 12.5 Å². The minimum absolute atomic E-state index is 0.0490. The van der Waals surface area contributed by atoms with Gasteiger partial charge in [-0.1, -0.05) is 15.9 Å². The molecule has 0 N–H and O–H groups in total. The van der Waals surface area contributed by atoms with Gasteiger partial charge in [-0.3, -0.25) is 4.79 Å². The van der Waals surface area contributed by atoms with Crippen LogP contribution in [-0.2, 0) is 9.53 Å². The van der Waals surface area contributed by atoms with Crippen LogP contribution in [0.4, 0.5) is 0 Å². The van der Waals surface area contributed by atoms with Crippen LogP contribution in [0.5, 0.6) is 11.5 Å². The molecule has 0 amide bonds.